The first-order valence-electron chi connectivity index (χ1n) is 5.71. The molecule has 2 aromatic heterocycles. The fourth-order valence-electron chi connectivity index (χ4n) is 1.90. The van der Waals surface area contributed by atoms with Crippen molar-refractivity contribution in [2.24, 2.45) is 0 Å². The molecule has 2 aromatic rings. The van der Waals surface area contributed by atoms with Crippen molar-refractivity contribution in [2.75, 3.05) is 0 Å². The Balaban J connectivity index is 2.48. The van der Waals surface area contributed by atoms with Crippen molar-refractivity contribution < 1.29 is 9.90 Å². The maximum Gasteiger partial charge on any atom is 0.354 e. The second-order valence-electron chi connectivity index (χ2n) is 4.22. The van der Waals surface area contributed by atoms with Crippen LogP contribution in [0.5, 0.6) is 0 Å². The minimum absolute atomic E-state index is 0.0469. The number of pyridine rings is 1. The standard InChI is InChI=1S/C13H13N3O3/c1-8-6-9(2)16(13(19)15-8)7-10-4-3-5-14-11(10)12(17)18/h3-6H,7H2,1-2H3,(H,17,18). The highest BCUT2D eigenvalue weighted by Gasteiger charge is 2.13. The van der Waals surface area contributed by atoms with Gasteiger partial charge in [-0.1, -0.05) is 6.07 Å². The van der Waals surface area contributed by atoms with E-state index in [1.54, 1.807) is 32.0 Å². The molecule has 6 heteroatoms. The van der Waals surface area contributed by atoms with Crippen molar-refractivity contribution in [2.45, 2.75) is 20.4 Å². The molecule has 98 valence electrons. The maximum absolute atomic E-state index is 11.8. The molecule has 6 nitrogen and oxygen atoms in total. The summed E-state index contributed by atoms with van der Waals surface area (Å²) in [6.07, 6.45) is 1.41. The molecule has 0 unspecified atom stereocenters. The second kappa shape index (κ2) is 5.01. The molecule has 0 aliphatic carbocycles. The zero-order valence-electron chi connectivity index (χ0n) is 10.6. The Kier molecular flexibility index (Phi) is 3.41. The number of carbonyl (C=O) groups is 1. The lowest BCUT2D eigenvalue weighted by Gasteiger charge is -2.11. The highest BCUT2D eigenvalue weighted by molar-refractivity contribution is 5.86. The molecule has 0 aromatic carbocycles. The minimum atomic E-state index is -1.11. The molecule has 2 heterocycles. The van der Waals surface area contributed by atoms with Crippen LogP contribution in [-0.2, 0) is 6.54 Å². The van der Waals surface area contributed by atoms with Gasteiger partial charge in [-0.15, -0.1) is 0 Å². The monoisotopic (exact) mass is 259 g/mol. The molecule has 0 aliphatic heterocycles. The molecule has 0 spiro atoms. The summed E-state index contributed by atoms with van der Waals surface area (Å²) >= 11 is 0. The lowest BCUT2D eigenvalue weighted by atomic mass is 10.2. The Morgan fingerprint density at radius 1 is 1.42 bits per heavy atom. The number of hydrogen-bond acceptors (Lipinski definition) is 4. The molecule has 0 aliphatic rings. The van der Waals surface area contributed by atoms with Crippen molar-refractivity contribution >= 4 is 5.97 Å². The fourth-order valence-corrected chi connectivity index (χ4v) is 1.90. The molecule has 0 radical (unpaired) electrons. The summed E-state index contributed by atoms with van der Waals surface area (Å²) in [5, 5.41) is 9.06. The van der Waals surface area contributed by atoms with E-state index in [0.29, 0.717) is 11.3 Å². The summed E-state index contributed by atoms with van der Waals surface area (Å²) in [5.41, 5.74) is 1.42. The number of rotatable bonds is 3. The number of hydrogen-bond donors (Lipinski definition) is 1. The molecular weight excluding hydrogens is 246 g/mol. The molecule has 0 saturated heterocycles. The van der Waals surface area contributed by atoms with Crippen molar-refractivity contribution in [1.29, 1.82) is 0 Å². The van der Waals surface area contributed by atoms with E-state index in [9.17, 15) is 9.59 Å². The summed E-state index contributed by atoms with van der Waals surface area (Å²) in [5.74, 6) is -1.11. The number of aromatic nitrogens is 3. The maximum atomic E-state index is 11.8. The Morgan fingerprint density at radius 3 is 2.79 bits per heavy atom. The van der Waals surface area contributed by atoms with Gasteiger partial charge in [0.05, 0.1) is 6.54 Å². The Morgan fingerprint density at radius 2 is 2.16 bits per heavy atom. The molecule has 0 bridgehead atoms. The zero-order chi connectivity index (χ0) is 14.0. The molecule has 0 amide bonds. The number of aromatic carboxylic acids is 1. The lowest BCUT2D eigenvalue weighted by Crippen LogP contribution is -2.27. The summed E-state index contributed by atoms with van der Waals surface area (Å²) < 4.78 is 1.43. The van der Waals surface area contributed by atoms with Crippen LogP contribution in [0.25, 0.3) is 0 Å². The van der Waals surface area contributed by atoms with Gasteiger partial charge < -0.3 is 5.11 Å². The molecule has 0 fully saturated rings. The first-order chi connectivity index (χ1) is 8.99. The van der Waals surface area contributed by atoms with Crippen LogP contribution in [0, 0.1) is 13.8 Å². The van der Waals surface area contributed by atoms with Gasteiger partial charge in [-0.25, -0.2) is 14.6 Å². The van der Waals surface area contributed by atoms with Crippen molar-refractivity contribution in [3.63, 3.8) is 0 Å². The van der Waals surface area contributed by atoms with E-state index in [2.05, 4.69) is 9.97 Å². The average molecular weight is 259 g/mol. The van der Waals surface area contributed by atoms with Crippen LogP contribution in [0.2, 0.25) is 0 Å². The van der Waals surface area contributed by atoms with Gasteiger partial charge in [0, 0.05) is 23.1 Å². The van der Waals surface area contributed by atoms with Crippen LogP contribution in [0.3, 0.4) is 0 Å². The van der Waals surface area contributed by atoms with Crippen molar-refractivity contribution in [3.05, 3.63) is 57.5 Å². The van der Waals surface area contributed by atoms with Crippen LogP contribution < -0.4 is 5.69 Å². The van der Waals surface area contributed by atoms with E-state index in [0.717, 1.165) is 5.69 Å². The molecule has 0 saturated carbocycles. The van der Waals surface area contributed by atoms with Gasteiger partial charge in [-0.3, -0.25) is 4.57 Å². The normalized spacial score (nSPS) is 10.4. The Bertz CT molecular complexity index is 692. The predicted octanol–water partition coefficient (Wildman–Crippen LogP) is 1.00. The Hall–Kier alpha value is -2.50. The van der Waals surface area contributed by atoms with Crippen LogP contribution in [0.1, 0.15) is 27.4 Å². The van der Waals surface area contributed by atoms with Gasteiger partial charge >= 0.3 is 11.7 Å². The summed E-state index contributed by atoms with van der Waals surface area (Å²) in [6.45, 7) is 3.67. The molecule has 0 atom stereocenters. The van der Waals surface area contributed by atoms with Gasteiger partial charge in [0.1, 0.15) is 0 Å². The van der Waals surface area contributed by atoms with Crippen molar-refractivity contribution in [3.8, 4) is 0 Å². The van der Waals surface area contributed by atoms with Crippen LogP contribution in [0.15, 0.2) is 29.2 Å². The largest absolute Gasteiger partial charge is 0.477 e. The van der Waals surface area contributed by atoms with E-state index < -0.39 is 11.7 Å². The summed E-state index contributed by atoms with van der Waals surface area (Å²) in [6, 6.07) is 5.06. The minimum Gasteiger partial charge on any atom is -0.477 e. The quantitative estimate of drug-likeness (QED) is 0.888. The number of aryl methyl sites for hydroxylation is 2. The SMILES string of the molecule is Cc1cc(C)n(Cc2cccnc2C(=O)O)c(=O)n1. The van der Waals surface area contributed by atoms with Gasteiger partial charge in [-0.2, -0.15) is 4.98 Å². The first-order valence-corrected chi connectivity index (χ1v) is 5.71. The van der Waals surface area contributed by atoms with E-state index >= 15 is 0 Å². The number of carboxylic acids is 1. The smallest absolute Gasteiger partial charge is 0.354 e. The highest BCUT2D eigenvalue weighted by atomic mass is 16.4. The van der Waals surface area contributed by atoms with Gasteiger partial charge in [0.15, 0.2) is 5.69 Å². The van der Waals surface area contributed by atoms with Crippen LogP contribution >= 0.6 is 0 Å². The zero-order valence-corrected chi connectivity index (χ0v) is 10.6. The van der Waals surface area contributed by atoms with E-state index in [4.69, 9.17) is 5.11 Å². The average Bonchev–Trinajstić information content (AvgIpc) is 2.34. The predicted molar refractivity (Wildman–Crippen MR) is 68.3 cm³/mol. The second-order valence-corrected chi connectivity index (χ2v) is 4.22. The molecular formula is C13H13N3O3. The number of carboxylic acid groups (broad SMARTS) is 1. The topological polar surface area (TPSA) is 85.1 Å². The fraction of sp³-hybridized carbons (Fsp3) is 0.231. The van der Waals surface area contributed by atoms with E-state index in [-0.39, 0.29) is 12.2 Å². The molecule has 19 heavy (non-hydrogen) atoms. The molecule has 2 rings (SSSR count). The van der Waals surface area contributed by atoms with E-state index in [1.165, 1.54) is 10.8 Å². The summed E-state index contributed by atoms with van der Waals surface area (Å²) in [7, 11) is 0. The van der Waals surface area contributed by atoms with Gasteiger partial charge in [0.2, 0.25) is 0 Å². The number of nitrogens with zero attached hydrogens (tertiary/aromatic N) is 3. The van der Waals surface area contributed by atoms with Gasteiger partial charge in [-0.05, 0) is 26.0 Å². The third-order valence-electron chi connectivity index (χ3n) is 2.77. The third-order valence-corrected chi connectivity index (χ3v) is 2.77. The van der Waals surface area contributed by atoms with Crippen LogP contribution in [-0.4, -0.2) is 25.6 Å². The highest BCUT2D eigenvalue weighted by Crippen LogP contribution is 2.08. The lowest BCUT2D eigenvalue weighted by molar-refractivity contribution is 0.0689. The third kappa shape index (κ3) is 2.67. The Labute approximate surface area is 109 Å². The summed E-state index contributed by atoms with van der Waals surface area (Å²) in [4.78, 5) is 30.6. The molecule has 1 N–H and O–H groups in total. The van der Waals surface area contributed by atoms with Gasteiger partial charge in [0.25, 0.3) is 0 Å². The van der Waals surface area contributed by atoms with Crippen LogP contribution in [0.4, 0.5) is 0 Å². The van der Waals surface area contributed by atoms with E-state index in [1.807, 2.05) is 0 Å². The first kappa shape index (κ1) is 12.9. The van der Waals surface area contributed by atoms with Crippen molar-refractivity contribution in [1.82, 2.24) is 14.5 Å².